The number of hydrogen-bond acceptors (Lipinski definition) is 5. The van der Waals surface area contributed by atoms with Crippen LogP contribution in [0.1, 0.15) is 18.5 Å². The van der Waals surface area contributed by atoms with Crippen molar-refractivity contribution in [3.8, 4) is 0 Å². The van der Waals surface area contributed by atoms with Crippen molar-refractivity contribution >= 4 is 41.1 Å². The molecule has 1 aromatic carbocycles. The highest BCUT2D eigenvalue weighted by Crippen LogP contribution is 2.27. The molecule has 1 aliphatic rings. The Morgan fingerprint density at radius 2 is 2.13 bits per heavy atom. The van der Waals surface area contributed by atoms with E-state index in [9.17, 15) is 4.79 Å². The van der Waals surface area contributed by atoms with Gasteiger partial charge in [-0.1, -0.05) is 29.3 Å². The van der Waals surface area contributed by atoms with Crippen LogP contribution in [0.3, 0.4) is 0 Å². The number of aromatic nitrogens is 2. The Bertz CT molecular complexity index is 741. The maximum atomic E-state index is 11.6. The second kappa shape index (κ2) is 6.60. The minimum Gasteiger partial charge on any atom is -0.447 e. The van der Waals surface area contributed by atoms with Gasteiger partial charge in [0, 0.05) is 6.20 Å². The molecule has 0 saturated carbocycles. The van der Waals surface area contributed by atoms with Crippen LogP contribution in [0.2, 0.25) is 10.0 Å². The maximum Gasteiger partial charge on any atom is 0.415 e. The van der Waals surface area contributed by atoms with Gasteiger partial charge in [0.05, 0.1) is 22.6 Å². The molecule has 23 heavy (non-hydrogen) atoms. The van der Waals surface area contributed by atoms with Crippen LogP contribution in [-0.2, 0) is 4.74 Å². The highest BCUT2D eigenvalue weighted by molar-refractivity contribution is 6.42. The largest absolute Gasteiger partial charge is 0.447 e. The number of ether oxygens (including phenoxy) is 1. The number of cyclic esters (lactones) is 1. The molecule has 0 spiro atoms. The average molecular weight is 353 g/mol. The van der Waals surface area contributed by atoms with Gasteiger partial charge in [-0.2, -0.15) is 4.98 Å². The molecular weight excluding hydrogens is 339 g/mol. The van der Waals surface area contributed by atoms with Gasteiger partial charge in [0.1, 0.15) is 12.4 Å². The van der Waals surface area contributed by atoms with E-state index >= 15 is 0 Å². The van der Waals surface area contributed by atoms with Gasteiger partial charge in [-0.05, 0) is 30.7 Å². The number of halogens is 2. The second-order valence-electron chi connectivity index (χ2n) is 5.04. The summed E-state index contributed by atoms with van der Waals surface area (Å²) < 4.78 is 4.91. The molecule has 0 bridgehead atoms. The Morgan fingerprint density at radius 1 is 1.30 bits per heavy atom. The average Bonchev–Trinajstić information content (AvgIpc) is 2.96. The molecule has 1 amide bonds. The van der Waals surface area contributed by atoms with Crippen LogP contribution in [0.15, 0.2) is 30.5 Å². The zero-order chi connectivity index (χ0) is 16.4. The molecule has 0 aliphatic carbocycles. The van der Waals surface area contributed by atoms with Gasteiger partial charge < -0.3 is 10.1 Å². The van der Waals surface area contributed by atoms with Gasteiger partial charge in [-0.3, -0.25) is 4.90 Å². The second-order valence-corrected chi connectivity index (χ2v) is 5.86. The van der Waals surface area contributed by atoms with Crippen LogP contribution >= 0.6 is 23.2 Å². The van der Waals surface area contributed by atoms with Gasteiger partial charge in [0.15, 0.2) is 0 Å². The maximum absolute atomic E-state index is 11.6. The van der Waals surface area contributed by atoms with Crippen LogP contribution in [-0.4, -0.2) is 29.2 Å². The predicted octanol–water partition coefficient (Wildman–Crippen LogP) is 3.91. The molecular formula is C15H14Cl2N4O2. The lowest BCUT2D eigenvalue weighted by Gasteiger charge is -2.17. The third-order valence-corrected chi connectivity index (χ3v) is 4.21. The number of benzene rings is 1. The summed E-state index contributed by atoms with van der Waals surface area (Å²) in [4.78, 5) is 21.6. The van der Waals surface area contributed by atoms with E-state index in [2.05, 4.69) is 15.3 Å². The first-order chi connectivity index (χ1) is 11.0. The van der Waals surface area contributed by atoms with Crippen LogP contribution in [0.25, 0.3) is 0 Å². The van der Waals surface area contributed by atoms with E-state index in [0.717, 1.165) is 5.56 Å². The summed E-state index contributed by atoms with van der Waals surface area (Å²) in [6.45, 7) is 2.81. The number of hydrogen-bond donors (Lipinski definition) is 1. The number of carbonyl (C=O) groups excluding carboxylic acids is 1. The van der Waals surface area contributed by atoms with Crippen LogP contribution < -0.4 is 10.2 Å². The van der Waals surface area contributed by atoms with Crippen molar-refractivity contribution in [2.75, 3.05) is 23.4 Å². The SMILES string of the molecule is CC(Nc1nccc(N2CCOC2=O)n1)c1ccc(Cl)c(Cl)c1. The summed E-state index contributed by atoms with van der Waals surface area (Å²) in [6.07, 6.45) is 1.20. The predicted molar refractivity (Wildman–Crippen MR) is 89.2 cm³/mol. The normalized spacial score (nSPS) is 15.4. The molecule has 2 heterocycles. The topological polar surface area (TPSA) is 67.3 Å². The number of nitrogens with one attached hydrogen (secondary N) is 1. The molecule has 8 heteroatoms. The van der Waals surface area contributed by atoms with Crippen molar-refractivity contribution < 1.29 is 9.53 Å². The van der Waals surface area contributed by atoms with Gasteiger partial charge in [-0.25, -0.2) is 9.78 Å². The van der Waals surface area contributed by atoms with Gasteiger partial charge in [0.25, 0.3) is 0 Å². The third-order valence-electron chi connectivity index (χ3n) is 3.47. The van der Waals surface area contributed by atoms with Crippen LogP contribution in [0.5, 0.6) is 0 Å². The lowest BCUT2D eigenvalue weighted by molar-refractivity contribution is 0.181. The Kier molecular flexibility index (Phi) is 4.54. The molecule has 3 rings (SSSR count). The van der Waals surface area contributed by atoms with Gasteiger partial charge in [0.2, 0.25) is 5.95 Å². The molecule has 1 fully saturated rings. The molecule has 6 nitrogen and oxygen atoms in total. The first-order valence-electron chi connectivity index (χ1n) is 7.03. The molecule has 1 aliphatic heterocycles. The molecule has 120 valence electrons. The van der Waals surface area contributed by atoms with E-state index in [1.54, 1.807) is 24.4 Å². The van der Waals surface area contributed by atoms with Crippen molar-refractivity contribution in [3.63, 3.8) is 0 Å². The minimum absolute atomic E-state index is 0.0782. The Hall–Kier alpha value is -2.05. The lowest BCUT2D eigenvalue weighted by Crippen LogP contribution is -2.25. The smallest absolute Gasteiger partial charge is 0.415 e. The Balaban J connectivity index is 1.77. The number of carbonyl (C=O) groups is 1. The van der Waals surface area contributed by atoms with Crippen LogP contribution in [0.4, 0.5) is 16.6 Å². The summed E-state index contributed by atoms with van der Waals surface area (Å²) in [5, 5.41) is 4.18. The van der Waals surface area contributed by atoms with E-state index in [1.165, 1.54) is 4.90 Å². The molecule has 2 aromatic rings. The number of rotatable bonds is 4. The molecule has 1 saturated heterocycles. The summed E-state index contributed by atoms with van der Waals surface area (Å²) in [5.41, 5.74) is 0.953. The fourth-order valence-corrected chi connectivity index (χ4v) is 2.54. The van der Waals surface area contributed by atoms with E-state index in [0.29, 0.717) is 35.0 Å². The number of anilines is 2. The van der Waals surface area contributed by atoms with Crippen molar-refractivity contribution in [1.82, 2.24) is 9.97 Å². The summed E-state index contributed by atoms with van der Waals surface area (Å²) in [6, 6.07) is 7.01. The third kappa shape index (κ3) is 3.48. The van der Waals surface area contributed by atoms with Crippen molar-refractivity contribution in [2.24, 2.45) is 0 Å². The van der Waals surface area contributed by atoms with Crippen molar-refractivity contribution in [1.29, 1.82) is 0 Å². The summed E-state index contributed by atoms with van der Waals surface area (Å²) >= 11 is 12.0. The minimum atomic E-state index is -0.396. The molecule has 1 atom stereocenters. The zero-order valence-corrected chi connectivity index (χ0v) is 13.8. The molecule has 1 unspecified atom stereocenters. The first kappa shape index (κ1) is 15.8. The summed E-state index contributed by atoms with van der Waals surface area (Å²) in [7, 11) is 0. The van der Waals surface area contributed by atoms with Crippen molar-refractivity contribution in [3.05, 3.63) is 46.1 Å². The van der Waals surface area contributed by atoms with E-state index in [4.69, 9.17) is 27.9 Å². The van der Waals surface area contributed by atoms with E-state index in [1.807, 2.05) is 13.0 Å². The monoisotopic (exact) mass is 352 g/mol. The fourth-order valence-electron chi connectivity index (χ4n) is 2.23. The van der Waals surface area contributed by atoms with Crippen molar-refractivity contribution in [2.45, 2.75) is 13.0 Å². The number of nitrogens with zero attached hydrogens (tertiary/aromatic N) is 3. The highest BCUT2D eigenvalue weighted by Gasteiger charge is 2.25. The van der Waals surface area contributed by atoms with E-state index in [-0.39, 0.29) is 6.04 Å². The fraction of sp³-hybridized carbons (Fsp3) is 0.267. The standard InChI is InChI=1S/C15H14Cl2N4O2/c1-9(10-2-3-11(16)12(17)8-10)19-14-18-5-4-13(20-14)21-6-7-23-15(21)22/h2-5,8-9H,6-7H2,1H3,(H,18,19,20). The highest BCUT2D eigenvalue weighted by atomic mass is 35.5. The van der Waals surface area contributed by atoms with Gasteiger partial charge in [-0.15, -0.1) is 0 Å². The Morgan fingerprint density at radius 3 is 2.83 bits per heavy atom. The molecule has 1 aromatic heterocycles. The quantitative estimate of drug-likeness (QED) is 0.903. The first-order valence-corrected chi connectivity index (χ1v) is 7.79. The lowest BCUT2D eigenvalue weighted by atomic mass is 10.1. The van der Waals surface area contributed by atoms with Crippen LogP contribution in [0, 0.1) is 0 Å². The van der Waals surface area contributed by atoms with E-state index < -0.39 is 6.09 Å². The van der Waals surface area contributed by atoms with Gasteiger partial charge >= 0.3 is 6.09 Å². The Labute approximate surface area is 143 Å². The summed E-state index contributed by atoms with van der Waals surface area (Å²) in [5.74, 6) is 0.923. The molecule has 0 radical (unpaired) electrons. The molecule has 1 N–H and O–H groups in total. The number of amides is 1. The zero-order valence-electron chi connectivity index (χ0n) is 12.3.